The van der Waals surface area contributed by atoms with E-state index >= 15 is 0 Å². The molecule has 116 valence electrons. The Kier molecular flexibility index (Phi) is 4.10. The monoisotopic (exact) mass is 302 g/mol. The van der Waals surface area contributed by atoms with Crippen LogP contribution in [-0.2, 0) is 6.54 Å². The topological polar surface area (TPSA) is 87.5 Å². The van der Waals surface area contributed by atoms with Gasteiger partial charge in [-0.2, -0.15) is 5.10 Å². The van der Waals surface area contributed by atoms with Crippen LogP contribution in [0.3, 0.4) is 0 Å². The number of nitrogens with one attached hydrogen (secondary N) is 1. The molecule has 2 rings (SSSR count). The summed E-state index contributed by atoms with van der Waals surface area (Å²) in [6.45, 7) is 2.09. The number of nitrogens with zero attached hydrogens (tertiary/aromatic N) is 3. The van der Waals surface area contributed by atoms with Crippen LogP contribution in [0.5, 0.6) is 0 Å². The third-order valence-corrected chi connectivity index (χ3v) is 3.31. The number of urea groups is 1. The molecule has 2 N–H and O–H groups in total. The number of carboxylic acids is 1. The Labute approximate surface area is 119 Å². The van der Waals surface area contributed by atoms with Gasteiger partial charge in [0.2, 0.25) is 0 Å². The molecule has 1 fully saturated rings. The second kappa shape index (κ2) is 5.66. The van der Waals surface area contributed by atoms with Crippen molar-refractivity contribution < 1.29 is 23.5 Å². The molecule has 21 heavy (non-hydrogen) atoms. The third-order valence-electron chi connectivity index (χ3n) is 3.31. The molecule has 9 heteroatoms. The molecule has 0 atom stereocenters. The number of piperidine rings is 1. The SMILES string of the molecule is CCn1cc(NC(=O)N2CCC(F)(F)CC2)c(C(=O)O)n1. The molecule has 1 aromatic heterocycles. The van der Waals surface area contributed by atoms with Crippen molar-refractivity contribution in [3.8, 4) is 0 Å². The van der Waals surface area contributed by atoms with Gasteiger partial charge in [0.15, 0.2) is 5.69 Å². The van der Waals surface area contributed by atoms with E-state index < -0.39 is 17.9 Å². The second-order valence-electron chi connectivity index (χ2n) is 4.83. The minimum absolute atomic E-state index is 0.0617. The first-order valence-corrected chi connectivity index (χ1v) is 6.57. The van der Waals surface area contributed by atoms with Crippen molar-refractivity contribution in [3.05, 3.63) is 11.9 Å². The van der Waals surface area contributed by atoms with E-state index in [1.54, 1.807) is 6.92 Å². The van der Waals surface area contributed by atoms with E-state index in [0.717, 1.165) is 0 Å². The van der Waals surface area contributed by atoms with E-state index in [1.807, 2.05) is 0 Å². The molecule has 0 radical (unpaired) electrons. The number of aromatic carboxylic acids is 1. The van der Waals surface area contributed by atoms with Crippen molar-refractivity contribution in [3.63, 3.8) is 0 Å². The molecule has 7 nitrogen and oxygen atoms in total. The van der Waals surface area contributed by atoms with Crippen LogP contribution < -0.4 is 5.32 Å². The standard InChI is InChI=1S/C12H16F2N4O3/c1-2-18-7-8(9(16-18)10(19)20)15-11(21)17-5-3-12(13,14)4-6-17/h7H,2-6H2,1H3,(H,15,21)(H,19,20). The van der Waals surface area contributed by atoms with E-state index in [9.17, 15) is 18.4 Å². The molecule has 0 unspecified atom stereocenters. The largest absolute Gasteiger partial charge is 0.476 e. The first kappa shape index (κ1) is 15.2. The van der Waals surface area contributed by atoms with Crippen molar-refractivity contribution in [2.45, 2.75) is 32.2 Å². The molecule has 2 amide bonds. The highest BCUT2D eigenvalue weighted by Crippen LogP contribution is 2.28. The molecule has 1 aliphatic heterocycles. The van der Waals surface area contributed by atoms with Crippen LogP contribution in [0.4, 0.5) is 19.3 Å². The number of hydrogen-bond acceptors (Lipinski definition) is 3. The van der Waals surface area contributed by atoms with Crippen molar-refractivity contribution in [1.29, 1.82) is 0 Å². The summed E-state index contributed by atoms with van der Waals surface area (Å²) in [4.78, 5) is 24.3. The Balaban J connectivity index is 2.06. The van der Waals surface area contributed by atoms with Crippen LogP contribution in [0.15, 0.2) is 6.20 Å². The quantitative estimate of drug-likeness (QED) is 0.892. The van der Waals surface area contributed by atoms with Crippen LogP contribution in [0.2, 0.25) is 0 Å². The maximum absolute atomic E-state index is 13.0. The summed E-state index contributed by atoms with van der Waals surface area (Å²) in [5.74, 6) is -4.00. The number of amides is 2. The lowest BCUT2D eigenvalue weighted by Gasteiger charge is -2.31. The number of carbonyl (C=O) groups is 2. The van der Waals surface area contributed by atoms with Crippen LogP contribution in [-0.4, -0.2) is 50.8 Å². The minimum Gasteiger partial charge on any atom is -0.476 e. The predicted octanol–water partition coefficient (Wildman–Crippen LogP) is 1.86. The van der Waals surface area contributed by atoms with Gasteiger partial charge in [0.1, 0.15) is 0 Å². The lowest BCUT2D eigenvalue weighted by molar-refractivity contribution is -0.0461. The predicted molar refractivity (Wildman–Crippen MR) is 69.6 cm³/mol. The molecular formula is C12H16F2N4O3. The summed E-state index contributed by atoms with van der Waals surface area (Å²) >= 11 is 0. The van der Waals surface area contributed by atoms with E-state index in [2.05, 4.69) is 10.4 Å². The van der Waals surface area contributed by atoms with Gasteiger partial charge < -0.3 is 15.3 Å². The summed E-state index contributed by atoms with van der Waals surface area (Å²) in [6, 6.07) is -0.594. The highest BCUT2D eigenvalue weighted by atomic mass is 19.3. The summed E-state index contributed by atoms with van der Waals surface area (Å²) in [5.41, 5.74) is -0.209. The first-order valence-electron chi connectivity index (χ1n) is 6.57. The highest BCUT2D eigenvalue weighted by Gasteiger charge is 2.35. The van der Waals surface area contributed by atoms with E-state index in [1.165, 1.54) is 15.8 Å². The molecule has 0 spiro atoms. The number of likely N-dealkylation sites (tertiary alicyclic amines) is 1. The van der Waals surface area contributed by atoms with Gasteiger partial charge in [-0.05, 0) is 6.92 Å². The minimum atomic E-state index is -2.74. The zero-order valence-electron chi connectivity index (χ0n) is 11.5. The van der Waals surface area contributed by atoms with Crippen LogP contribution >= 0.6 is 0 Å². The molecule has 2 heterocycles. The number of carboxylic acid groups (broad SMARTS) is 1. The molecule has 1 aromatic rings. The molecule has 1 aliphatic rings. The van der Waals surface area contributed by atoms with Gasteiger partial charge in [-0.25, -0.2) is 18.4 Å². The maximum atomic E-state index is 13.0. The lowest BCUT2D eigenvalue weighted by Crippen LogP contribution is -2.44. The van der Waals surface area contributed by atoms with Crippen molar-refractivity contribution in [2.24, 2.45) is 0 Å². The molecule has 0 saturated carbocycles. The number of rotatable bonds is 3. The molecular weight excluding hydrogens is 286 g/mol. The number of halogens is 2. The average molecular weight is 302 g/mol. The molecule has 0 aromatic carbocycles. The summed E-state index contributed by atoms with van der Waals surface area (Å²) in [5, 5.41) is 15.3. The van der Waals surface area contributed by atoms with Crippen molar-refractivity contribution in [1.82, 2.24) is 14.7 Å². The van der Waals surface area contributed by atoms with E-state index in [0.29, 0.717) is 6.54 Å². The zero-order valence-corrected chi connectivity index (χ0v) is 11.5. The molecule has 1 saturated heterocycles. The zero-order chi connectivity index (χ0) is 15.6. The Morgan fingerprint density at radius 3 is 2.57 bits per heavy atom. The third kappa shape index (κ3) is 3.47. The van der Waals surface area contributed by atoms with Gasteiger partial charge in [0.05, 0.1) is 5.69 Å². The Morgan fingerprint density at radius 1 is 1.43 bits per heavy atom. The van der Waals surface area contributed by atoms with Gasteiger partial charge in [-0.1, -0.05) is 0 Å². The smallest absolute Gasteiger partial charge is 0.358 e. The number of anilines is 1. The summed E-state index contributed by atoms with van der Waals surface area (Å²) in [7, 11) is 0. The summed E-state index contributed by atoms with van der Waals surface area (Å²) in [6.07, 6.45) is 0.626. The van der Waals surface area contributed by atoms with Gasteiger partial charge in [0.25, 0.3) is 5.92 Å². The maximum Gasteiger partial charge on any atom is 0.358 e. The normalized spacial score (nSPS) is 17.6. The first-order chi connectivity index (χ1) is 9.82. The van der Waals surface area contributed by atoms with E-state index in [4.69, 9.17) is 5.11 Å². The highest BCUT2D eigenvalue weighted by molar-refractivity contribution is 5.98. The number of carbonyl (C=O) groups excluding carboxylic acids is 1. The van der Waals surface area contributed by atoms with Gasteiger partial charge in [0, 0.05) is 38.7 Å². The molecule has 0 aliphatic carbocycles. The fourth-order valence-corrected chi connectivity index (χ4v) is 2.06. The van der Waals surface area contributed by atoms with Crippen molar-refractivity contribution >= 4 is 17.7 Å². The molecule has 0 bridgehead atoms. The van der Waals surface area contributed by atoms with Gasteiger partial charge >= 0.3 is 12.0 Å². The second-order valence-corrected chi connectivity index (χ2v) is 4.83. The van der Waals surface area contributed by atoms with Gasteiger partial charge in [-0.3, -0.25) is 4.68 Å². The Hall–Kier alpha value is -2.19. The van der Waals surface area contributed by atoms with Gasteiger partial charge in [-0.15, -0.1) is 0 Å². The summed E-state index contributed by atoms with van der Waals surface area (Å²) < 4.78 is 27.5. The fourth-order valence-electron chi connectivity index (χ4n) is 2.06. The Bertz CT molecular complexity index is 549. The number of alkyl halides is 2. The van der Waals surface area contributed by atoms with E-state index in [-0.39, 0.29) is 37.3 Å². The van der Waals surface area contributed by atoms with Crippen LogP contribution in [0, 0.1) is 0 Å². The lowest BCUT2D eigenvalue weighted by atomic mass is 10.1. The van der Waals surface area contributed by atoms with Crippen LogP contribution in [0.1, 0.15) is 30.3 Å². The fraction of sp³-hybridized carbons (Fsp3) is 0.583. The number of hydrogen-bond donors (Lipinski definition) is 2. The average Bonchev–Trinajstić information content (AvgIpc) is 2.81. The number of aromatic nitrogens is 2. The Morgan fingerprint density at radius 2 is 2.05 bits per heavy atom. The number of aryl methyl sites for hydroxylation is 1. The van der Waals surface area contributed by atoms with Crippen LogP contribution in [0.25, 0.3) is 0 Å². The van der Waals surface area contributed by atoms with Crippen molar-refractivity contribution in [2.75, 3.05) is 18.4 Å².